The van der Waals surface area contributed by atoms with E-state index in [0.29, 0.717) is 17.1 Å². The van der Waals surface area contributed by atoms with Gasteiger partial charge in [0.15, 0.2) is 11.4 Å². The van der Waals surface area contributed by atoms with Crippen molar-refractivity contribution < 1.29 is 41.7 Å². The van der Waals surface area contributed by atoms with Crippen molar-refractivity contribution in [3.63, 3.8) is 0 Å². The smallest absolute Gasteiger partial charge is 0.416 e. The van der Waals surface area contributed by atoms with Crippen LogP contribution in [0.4, 0.5) is 13.2 Å². The number of ether oxygens (including phenoxy) is 4. The van der Waals surface area contributed by atoms with Crippen LogP contribution in [-0.2, 0) is 27.1 Å². The van der Waals surface area contributed by atoms with Crippen LogP contribution < -0.4 is 14.8 Å². The van der Waals surface area contributed by atoms with Gasteiger partial charge in [0.05, 0.1) is 36.6 Å². The summed E-state index contributed by atoms with van der Waals surface area (Å²) in [6.07, 6.45) is -3.14. The van der Waals surface area contributed by atoms with Gasteiger partial charge in [0.2, 0.25) is 0 Å². The molecular weight excluding hydrogens is 543 g/mol. The van der Waals surface area contributed by atoms with Gasteiger partial charge in [-0.2, -0.15) is 13.2 Å². The second-order valence-corrected chi connectivity index (χ2v) is 9.43. The van der Waals surface area contributed by atoms with Crippen LogP contribution >= 0.6 is 0 Å². The van der Waals surface area contributed by atoms with E-state index in [-0.39, 0.29) is 43.4 Å². The van der Waals surface area contributed by atoms with Crippen molar-refractivity contribution in [1.82, 2.24) is 15.3 Å². The number of aryl methyl sites for hydroxylation is 1. The third-order valence-electron chi connectivity index (χ3n) is 5.80. The fourth-order valence-corrected chi connectivity index (χ4v) is 3.68. The first kappa shape index (κ1) is 31.3. The molecule has 1 N–H and O–H groups in total. The highest BCUT2D eigenvalue weighted by molar-refractivity contribution is 5.95. The lowest BCUT2D eigenvalue weighted by molar-refractivity contribution is -0.158. The Bertz CT molecular complexity index is 1360. The van der Waals surface area contributed by atoms with Gasteiger partial charge in [0.25, 0.3) is 5.91 Å². The maximum Gasteiger partial charge on any atom is 0.416 e. The Balaban J connectivity index is 1.59. The Hall–Kier alpha value is -4.19. The summed E-state index contributed by atoms with van der Waals surface area (Å²) in [5, 5.41) is 2.73. The van der Waals surface area contributed by atoms with Crippen LogP contribution in [0.2, 0.25) is 0 Å². The van der Waals surface area contributed by atoms with E-state index in [2.05, 4.69) is 15.3 Å². The van der Waals surface area contributed by atoms with Gasteiger partial charge in [-0.05, 0) is 63.6 Å². The first-order chi connectivity index (χ1) is 19.4. The standard InChI is InChI=1S/C29H32F3N3O6/c1-6-39-27(37)28(3,4)41-24-12-11-21(15-18(24)2)40-14-13-33-26(36)22-16-34-25(35-23(22)17-38-5)19-7-9-20(10-8-19)29(30,31)32/h7-12,15-16H,6,13-14,17H2,1-5H3,(H,33,36). The zero-order valence-corrected chi connectivity index (χ0v) is 23.4. The zero-order chi connectivity index (χ0) is 30.2. The van der Waals surface area contributed by atoms with Crippen molar-refractivity contribution in [2.24, 2.45) is 0 Å². The van der Waals surface area contributed by atoms with Crippen LogP contribution in [0, 0.1) is 6.92 Å². The molecule has 1 aromatic heterocycles. The van der Waals surface area contributed by atoms with Crippen molar-refractivity contribution in [1.29, 1.82) is 0 Å². The number of rotatable bonds is 12. The number of aromatic nitrogens is 2. The number of esters is 1. The van der Waals surface area contributed by atoms with Crippen molar-refractivity contribution in [2.75, 3.05) is 26.9 Å². The van der Waals surface area contributed by atoms with E-state index in [1.54, 1.807) is 39.0 Å². The van der Waals surface area contributed by atoms with E-state index in [1.165, 1.54) is 25.4 Å². The van der Waals surface area contributed by atoms with E-state index < -0.39 is 29.2 Å². The molecule has 0 unspecified atom stereocenters. The van der Waals surface area contributed by atoms with E-state index in [0.717, 1.165) is 17.7 Å². The van der Waals surface area contributed by atoms with Gasteiger partial charge < -0.3 is 24.3 Å². The van der Waals surface area contributed by atoms with Gasteiger partial charge >= 0.3 is 12.1 Å². The van der Waals surface area contributed by atoms with Crippen molar-refractivity contribution in [3.8, 4) is 22.9 Å². The molecule has 0 fully saturated rings. The Labute approximate surface area is 236 Å². The summed E-state index contributed by atoms with van der Waals surface area (Å²) in [7, 11) is 1.44. The maximum atomic E-state index is 12.9. The number of alkyl halides is 3. The van der Waals surface area contributed by atoms with Gasteiger partial charge in [-0.1, -0.05) is 12.1 Å². The molecule has 0 saturated heterocycles. The number of carbonyl (C=O) groups is 2. The molecule has 9 nitrogen and oxygen atoms in total. The van der Waals surface area contributed by atoms with Gasteiger partial charge in [-0.25, -0.2) is 14.8 Å². The molecule has 0 radical (unpaired) electrons. The molecule has 3 aromatic rings. The fourth-order valence-electron chi connectivity index (χ4n) is 3.68. The number of methoxy groups -OCH3 is 1. The molecule has 0 bridgehead atoms. The summed E-state index contributed by atoms with van der Waals surface area (Å²) >= 11 is 0. The van der Waals surface area contributed by atoms with Crippen molar-refractivity contribution in [2.45, 2.75) is 46.1 Å². The van der Waals surface area contributed by atoms with Crippen LogP contribution in [0.15, 0.2) is 48.7 Å². The normalized spacial score (nSPS) is 11.6. The van der Waals surface area contributed by atoms with Crippen LogP contribution in [0.3, 0.4) is 0 Å². The minimum absolute atomic E-state index is 0.00389. The second-order valence-electron chi connectivity index (χ2n) is 9.43. The Morgan fingerprint density at radius 2 is 1.76 bits per heavy atom. The van der Waals surface area contributed by atoms with E-state index in [9.17, 15) is 22.8 Å². The lowest BCUT2D eigenvalue weighted by Gasteiger charge is -2.25. The third kappa shape index (κ3) is 8.40. The second kappa shape index (κ2) is 13.4. The number of halogens is 3. The fraction of sp³-hybridized carbons (Fsp3) is 0.379. The SMILES string of the molecule is CCOC(=O)C(C)(C)Oc1ccc(OCCNC(=O)c2cnc(-c3ccc(C(F)(F)F)cc3)nc2COC)cc1C. The summed E-state index contributed by atoms with van der Waals surface area (Å²) in [6.45, 7) is 7.37. The van der Waals surface area contributed by atoms with Crippen LogP contribution in [0.5, 0.6) is 11.5 Å². The number of benzene rings is 2. The molecule has 0 aliphatic heterocycles. The number of amides is 1. The molecule has 0 aliphatic rings. The largest absolute Gasteiger partial charge is 0.492 e. The number of hydrogen-bond donors (Lipinski definition) is 1. The van der Waals surface area contributed by atoms with Crippen molar-refractivity contribution >= 4 is 11.9 Å². The molecule has 0 aliphatic carbocycles. The maximum absolute atomic E-state index is 12.9. The molecule has 3 rings (SSSR count). The highest BCUT2D eigenvalue weighted by Crippen LogP contribution is 2.31. The number of hydrogen-bond acceptors (Lipinski definition) is 8. The van der Waals surface area contributed by atoms with Gasteiger partial charge in [0, 0.05) is 18.9 Å². The van der Waals surface area contributed by atoms with E-state index in [4.69, 9.17) is 18.9 Å². The number of carbonyl (C=O) groups excluding carboxylic acids is 2. The molecule has 2 aromatic carbocycles. The summed E-state index contributed by atoms with van der Waals surface area (Å²) < 4.78 is 60.4. The molecule has 1 heterocycles. The average Bonchev–Trinajstić information content (AvgIpc) is 2.92. The van der Waals surface area contributed by atoms with Crippen LogP contribution in [0.1, 0.15) is 48.0 Å². The number of nitrogens with one attached hydrogen (secondary N) is 1. The van der Waals surface area contributed by atoms with Crippen molar-refractivity contribution in [3.05, 3.63) is 71.0 Å². The molecular formula is C29H32F3N3O6. The predicted octanol–water partition coefficient (Wildman–Crippen LogP) is 5.15. The third-order valence-corrected chi connectivity index (χ3v) is 5.80. The minimum Gasteiger partial charge on any atom is -0.492 e. The van der Waals surface area contributed by atoms with E-state index in [1.807, 2.05) is 6.92 Å². The molecule has 41 heavy (non-hydrogen) atoms. The zero-order valence-electron chi connectivity index (χ0n) is 23.4. The number of nitrogens with zero attached hydrogens (tertiary/aromatic N) is 2. The lowest BCUT2D eigenvalue weighted by Crippen LogP contribution is -2.39. The summed E-state index contributed by atoms with van der Waals surface area (Å²) in [6, 6.07) is 9.57. The average molecular weight is 576 g/mol. The first-order valence-electron chi connectivity index (χ1n) is 12.8. The molecule has 0 spiro atoms. The molecule has 1 amide bonds. The Morgan fingerprint density at radius 3 is 2.37 bits per heavy atom. The van der Waals surface area contributed by atoms with Gasteiger partial charge in [-0.3, -0.25) is 4.79 Å². The first-order valence-corrected chi connectivity index (χ1v) is 12.8. The monoisotopic (exact) mass is 575 g/mol. The van der Waals surface area contributed by atoms with E-state index >= 15 is 0 Å². The Morgan fingerprint density at radius 1 is 1.05 bits per heavy atom. The molecule has 0 atom stereocenters. The van der Waals surface area contributed by atoms with Gasteiger partial charge in [-0.15, -0.1) is 0 Å². The lowest BCUT2D eigenvalue weighted by atomic mass is 10.1. The molecule has 12 heteroatoms. The Kier molecular flexibility index (Phi) is 10.3. The van der Waals surface area contributed by atoms with Crippen LogP contribution in [-0.4, -0.2) is 54.3 Å². The molecule has 0 saturated carbocycles. The molecule has 220 valence electrons. The highest BCUT2D eigenvalue weighted by atomic mass is 19.4. The quantitative estimate of drug-likeness (QED) is 0.234. The predicted molar refractivity (Wildman–Crippen MR) is 144 cm³/mol. The topological polar surface area (TPSA) is 109 Å². The van der Waals surface area contributed by atoms with Crippen LogP contribution in [0.25, 0.3) is 11.4 Å². The minimum atomic E-state index is -4.45. The highest BCUT2D eigenvalue weighted by Gasteiger charge is 2.32. The summed E-state index contributed by atoms with van der Waals surface area (Å²) in [5.41, 5.74) is -0.370. The summed E-state index contributed by atoms with van der Waals surface area (Å²) in [5.74, 6) is 0.292. The van der Waals surface area contributed by atoms with Gasteiger partial charge in [0.1, 0.15) is 18.1 Å². The summed E-state index contributed by atoms with van der Waals surface area (Å²) in [4.78, 5) is 33.4.